The molecular weight excluding hydrogens is 447 g/mol. The molecule has 0 radical (unpaired) electrons. The first-order valence-electron chi connectivity index (χ1n) is 9.29. The van der Waals surface area contributed by atoms with Gasteiger partial charge in [-0.3, -0.25) is 4.99 Å². The zero-order valence-electron chi connectivity index (χ0n) is 15.7. The van der Waals surface area contributed by atoms with E-state index in [4.69, 9.17) is 5.26 Å². The number of hydrogen-bond acceptors (Lipinski definition) is 2. The second-order valence-corrected chi connectivity index (χ2v) is 6.84. The van der Waals surface area contributed by atoms with Gasteiger partial charge in [-0.15, -0.1) is 24.0 Å². The Morgan fingerprint density at radius 2 is 1.70 bits per heavy atom. The number of rotatable bonds is 4. The van der Waals surface area contributed by atoms with Crippen molar-refractivity contribution in [3.8, 4) is 6.07 Å². The minimum absolute atomic E-state index is 0. The van der Waals surface area contributed by atoms with Gasteiger partial charge in [-0.25, -0.2) is 0 Å². The molecule has 2 aromatic carbocycles. The molecule has 0 saturated heterocycles. The summed E-state index contributed by atoms with van der Waals surface area (Å²) in [6, 6.07) is 21.1. The third kappa shape index (κ3) is 6.24. The van der Waals surface area contributed by atoms with E-state index >= 15 is 0 Å². The Morgan fingerprint density at radius 3 is 2.30 bits per heavy atom. The molecule has 27 heavy (non-hydrogen) atoms. The molecule has 1 fully saturated rings. The maximum atomic E-state index is 8.86. The first-order valence-corrected chi connectivity index (χ1v) is 9.29. The van der Waals surface area contributed by atoms with E-state index < -0.39 is 0 Å². The highest BCUT2D eigenvalue weighted by Crippen LogP contribution is 2.32. The summed E-state index contributed by atoms with van der Waals surface area (Å²) in [5.41, 5.74) is 3.29. The highest BCUT2D eigenvalue weighted by molar-refractivity contribution is 14.0. The maximum absolute atomic E-state index is 8.86. The molecule has 0 atom stereocenters. The van der Waals surface area contributed by atoms with Crippen molar-refractivity contribution in [1.29, 1.82) is 5.26 Å². The number of benzene rings is 2. The van der Waals surface area contributed by atoms with E-state index in [9.17, 15) is 0 Å². The summed E-state index contributed by atoms with van der Waals surface area (Å²) in [7, 11) is 1.81. The lowest BCUT2D eigenvalue weighted by Crippen LogP contribution is -2.44. The van der Waals surface area contributed by atoms with E-state index in [1.807, 2.05) is 31.3 Å². The molecule has 5 heteroatoms. The van der Waals surface area contributed by atoms with E-state index in [-0.39, 0.29) is 24.0 Å². The number of aliphatic imine (C=N–C) groups is 1. The summed E-state index contributed by atoms with van der Waals surface area (Å²) < 4.78 is 0. The molecule has 0 aromatic heterocycles. The lowest BCUT2D eigenvalue weighted by atomic mass is 9.82. The fourth-order valence-corrected chi connectivity index (χ4v) is 3.57. The van der Waals surface area contributed by atoms with Crippen LogP contribution in [0.3, 0.4) is 0 Å². The number of guanidine groups is 1. The van der Waals surface area contributed by atoms with Gasteiger partial charge in [-0.1, -0.05) is 42.5 Å². The van der Waals surface area contributed by atoms with E-state index in [2.05, 4.69) is 52.0 Å². The highest BCUT2D eigenvalue weighted by Gasteiger charge is 2.22. The second-order valence-electron chi connectivity index (χ2n) is 6.84. The zero-order chi connectivity index (χ0) is 18.2. The van der Waals surface area contributed by atoms with Crippen molar-refractivity contribution >= 4 is 29.9 Å². The van der Waals surface area contributed by atoms with E-state index in [1.165, 1.54) is 18.4 Å². The lowest BCUT2D eigenvalue weighted by molar-refractivity contribution is 0.371. The number of nitriles is 1. The van der Waals surface area contributed by atoms with Crippen molar-refractivity contribution in [2.45, 2.75) is 44.2 Å². The second kappa shape index (κ2) is 10.9. The van der Waals surface area contributed by atoms with Crippen LogP contribution in [0.25, 0.3) is 0 Å². The zero-order valence-corrected chi connectivity index (χ0v) is 18.0. The minimum atomic E-state index is 0. The van der Waals surface area contributed by atoms with Crippen molar-refractivity contribution in [1.82, 2.24) is 10.6 Å². The third-order valence-corrected chi connectivity index (χ3v) is 5.11. The fourth-order valence-electron chi connectivity index (χ4n) is 3.57. The monoisotopic (exact) mass is 474 g/mol. The standard InChI is InChI=1S/C22H26N4.HI/c1-24-22(25-16-18-9-7-17(15-23)8-10-18)26-21-13-11-20(12-14-21)19-5-3-2-4-6-19;/h2-10,20-21H,11-14,16H2,1H3,(H2,24,25,26);1H. The molecule has 1 saturated carbocycles. The van der Waals surface area contributed by atoms with Crippen LogP contribution in [0.4, 0.5) is 0 Å². The molecule has 4 nitrogen and oxygen atoms in total. The summed E-state index contributed by atoms with van der Waals surface area (Å²) in [4.78, 5) is 4.35. The molecule has 0 aliphatic heterocycles. The molecule has 0 heterocycles. The molecule has 1 aliphatic carbocycles. The van der Waals surface area contributed by atoms with Crippen LogP contribution in [0.5, 0.6) is 0 Å². The van der Waals surface area contributed by atoms with Crippen LogP contribution in [0.1, 0.15) is 48.3 Å². The van der Waals surface area contributed by atoms with Gasteiger partial charge >= 0.3 is 0 Å². The Kier molecular flexibility index (Phi) is 8.59. The highest BCUT2D eigenvalue weighted by atomic mass is 127. The van der Waals surface area contributed by atoms with Gasteiger partial charge in [-0.2, -0.15) is 5.26 Å². The summed E-state index contributed by atoms with van der Waals surface area (Å²) >= 11 is 0. The summed E-state index contributed by atoms with van der Waals surface area (Å²) in [6.07, 6.45) is 4.76. The first kappa shape index (κ1) is 21.2. The summed E-state index contributed by atoms with van der Waals surface area (Å²) in [6.45, 7) is 0.699. The van der Waals surface area contributed by atoms with Crippen molar-refractivity contribution in [2.75, 3.05) is 7.05 Å². The minimum Gasteiger partial charge on any atom is -0.354 e. The molecule has 0 unspecified atom stereocenters. The van der Waals surface area contributed by atoms with Crippen molar-refractivity contribution in [2.24, 2.45) is 4.99 Å². The Bertz CT molecular complexity index is 757. The van der Waals surface area contributed by atoms with Crippen LogP contribution in [0.15, 0.2) is 59.6 Å². The third-order valence-electron chi connectivity index (χ3n) is 5.11. The van der Waals surface area contributed by atoms with Crippen LogP contribution in [-0.4, -0.2) is 19.0 Å². The van der Waals surface area contributed by atoms with Gasteiger partial charge in [0.2, 0.25) is 0 Å². The van der Waals surface area contributed by atoms with Crippen molar-refractivity contribution < 1.29 is 0 Å². The van der Waals surface area contributed by atoms with Crippen LogP contribution in [-0.2, 0) is 6.54 Å². The summed E-state index contributed by atoms with van der Waals surface area (Å²) in [5.74, 6) is 1.53. The summed E-state index contributed by atoms with van der Waals surface area (Å²) in [5, 5.41) is 15.8. The SMILES string of the molecule is CN=C(NCc1ccc(C#N)cc1)NC1CCC(c2ccccc2)CC1.I. The molecule has 0 amide bonds. The van der Waals surface area contributed by atoms with Crippen LogP contribution in [0.2, 0.25) is 0 Å². The largest absolute Gasteiger partial charge is 0.354 e. The Hall–Kier alpha value is -2.07. The number of hydrogen-bond donors (Lipinski definition) is 2. The van der Waals surface area contributed by atoms with Crippen molar-refractivity contribution in [3.63, 3.8) is 0 Å². The smallest absolute Gasteiger partial charge is 0.191 e. The normalized spacial score (nSPS) is 19.5. The maximum Gasteiger partial charge on any atom is 0.191 e. The Morgan fingerprint density at radius 1 is 1.04 bits per heavy atom. The van der Waals surface area contributed by atoms with Gasteiger partial charge in [0.25, 0.3) is 0 Å². The van der Waals surface area contributed by atoms with Crippen LogP contribution >= 0.6 is 24.0 Å². The molecule has 142 valence electrons. The Labute approximate surface area is 179 Å². The van der Waals surface area contributed by atoms with Gasteiger partial charge in [-0.05, 0) is 54.9 Å². The van der Waals surface area contributed by atoms with E-state index in [0.29, 0.717) is 24.1 Å². The fraction of sp³-hybridized carbons (Fsp3) is 0.364. The number of nitrogens with zero attached hydrogens (tertiary/aromatic N) is 2. The first-order chi connectivity index (χ1) is 12.8. The predicted molar refractivity (Wildman–Crippen MR) is 121 cm³/mol. The number of nitrogens with one attached hydrogen (secondary N) is 2. The van der Waals surface area contributed by atoms with Crippen LogP contribution < -0.4 is 10.6 Å². The van der Waals surface area contributed by atoms with Gasteiger partial charge in [0, 0.05) is 19.6 Å². The van der Waals surface area contributed by atoms with Gasteiger partial charge in [0.1, 0.15) is 0 Å². The van der Waals surface area contributed by atoms with E-state index in [1.54, 1.807) is 0 Å². The van der Waals surface area contributed by atoms with Gasteiger partial charge < -0.3 is 10.6 Å². The van der Waals surface area contributed by atoms with Gasteiger partial charge in [0.05, 0.1) is 11.6 Å². The topological polar surface area (TPSA) is 60.2 Å². The molecule has 2 N–H and O–H groups in total. The average Bonchev–Trinajstić information content (AvgIpc) is 2.72. The van der Waals surface area contributed by atoms with Crippen molar-refractivity contribution in [3.05, 3.63) is 71.3 Å². The molecule has 2 aromatic rings. The lowest BCUT2D eigenvalue weighted by Gasteiger charge is -2.30. The van der Waals surface area contributed by atoms with Gasteiger partial charge in [0.15, 0.2) is 5.96 Å². The molecular formula is C22H27IN4. The van der Waals surface area contributed by atoms with E-state index in [0.717, 1.165) is 24.4 Å². The molecule has 3 rings (SSSR count). The predicted octanol–water partition coefficient (Wildman–Crippen LogP) is 4.57. The molecule has 0 spiro atoms. The Balaban J connectivity index is 0.00000261. The quantitative estimate of drug-likeness (QED) is 0.388. The molecule has 0 bridgehead atoms. The van der Waals surface area contributed by atoms with Crippen LogP contribution in [0, 0.1) is 11.3 Å². The molecule has 1 aliphatic rings. The number of halogens is 1. The average molecular weight is 474 g/mol.